The Morgan fingerprint density at radius 2 is 2.17 bits per heavy atom. The number of halogens is 2. The Balaban J connectivity index is 1.95. The van der Waals surface area contributed by atoms with E-state index >= 15 is 0 Å². The van der Waals surface area contributed by atoms with E-state index in [1.54, 1.807) is 13.0 Å². The molecule has 1 amide bonds. The van der Waals surface area contributed by atoms with Gasteiger partial charge in [-0.3, -0.25) is 4.79 Å². The van der Waals surface area contributed by atoms with E-state index in [1.165, 1.54) is 25.0 Å². The van der Waals surface area contributed by atoms with E-state index in [0.717, 1.165) is 17.3 Å². The number of nitrogens with one attached hydrogen (secondary N) is 1. The van der Waals surface area contributed by atoms with Crippen LogP contribution in [0.3, 0.4) is 0 Å². The van der Waals surface area contributed by atoms with Crippen molar-refractivity contribution in [1.82, 2.24) is 5.32 Å². The topological polar surface area (TPSA) is 29.1 Å². The maximum Gasteiger partial charge on any atom is 0.251 e. The summed E-state index contributed by atoms with van der Waals surface area (Å²) in [5.74, 6) is -0.541. The molecule has 0 aliphatic heterocycles. The zero-order valence-corrected chi connectivity index (χ0v) is 12.0. The first-order valence-electron chi connectivity index (χ1n) is 6.16. The third-order valence-electron chi connectivity index (χ3n) is 3.51. The van der Waals surface area contributed by atoms with Crippen molar-refractivity contribution in [2.75, 3.05) is 11.9 Å². The van der Waals surface area contributed by atoms with Crippen molar-refractivity contribution in [2.45, 2.75) is 26.2 Å². The molecule has 2 rings (SSSR count). The summed E-state index contributed by atoms with van der Waals surface area (Å²) >= 11 is 3.43. The molecule has 1 aliphatic carbocycles. The second kappa shape index (κ2) is 5.39. The van der Waals surface area contributed by atoms with Gasteiger partial charge in [-0.1, -0.05) is 15.9 Å². The number of benzene rings is 1. The lowest BCUT2D eigenvalue weighted by molar-refractivity contribution is 0.0944. The summed E-state index contributed by atoms with van der Waals surface area (Å²) < 4.78 is 13.2. The lowest BCUT2D eigenvalue weighted by Crippen LogP contribution is -2.30. The predicted octanol–water partition coefficient (Wildman–Crippen LogP) is 3.43. The molecule has 2 nitrogen and oxygen atoms in total. The molecule has 98 valence electrons. The summed E-state index contributed by atoms with van der Waals surface area (Å²) in [5.41, 5.74) is 1.45. The Morgan fingerprint density at radius 1 is 1.44 bits per heavy atom. The zero-order valence-electron chi connectivity index (χ0n) is 10.4. The smallest absolute Gasteiger partial charge is 0.251 e. The summed E-state index contributed by atoms with van der Waals surface area (Å²) in [4.78, 5) is 11.9. The van der Waals surface area contributed by atoms with E-state index in [-0.39, 0.29) is 17.1 Å². The summed E-state index contributed by atoms with van der Waals surface area (Å²) in [6, 6.07) is 4.42. The van der Waals surface area contributed by atoms with E-state index in [0.29, 0.717) is 12.1 Å². The average Bonchev–Trinajstić information content (AvgIpc) is 3.06. The first kappa shape index (κ1) is 13.5. The summed E-state index contributed by atoms with van der Waals surface area (Å²) in [6.07, 6.45) is 3.41. The molecule has 1 aliphatic rings. The van der Waals surface area contributed by atoms with Crippen molar-refractivity contribution >= 4 is 21.8 Å². The number of amides is 1. The lowest BCUT2D eigenvalue weighted by Gasteiger charge is -2.14. The van der Waals surface area contributed by atoms with Crippen molar-refractivity contribution in [3.8, 4) is 0 Å². The Hall–Kier alpha value is -0.900. The minimum absolute atomic E-state index is 0.182. The van der Waals surface area contributed by atoms with Crippen LogP contribution >= 0.6 is 15.9 Å². The van der Waals surface area contributed by atoms with Crippen LogP contribution in [0.25, 0.3) is 0 Å². The molecule has 1 aromatic carbocycles. The normalized spacial score (nSPS) is 16.4. The molecule has 1 saturated carbocycles. The molecule has 0 aromatic heterocycles. The Morgan fingerprint density at radius 3 is 2.72 bits per heavy atom. The van der Waals surface area contributed by atoms with Gasteiger partial charge < -0.3 is 5.32 Å². The van der Waals surface area contributed by atoms with Crippen molar-refractivity contribution in [1.29, 1.82) is 0 Å². The van der Waals surface area contributed by atoms with Crippen LogP contribution in [0, 0.1) is 18.2 Å². The second-order valence-electron chi connectivity index (χ2n) is 5.14. The van der Waals surface area contributed by atoms with E-state index in [9.17, 15) is 9.18 Å². The van der Waals surface area contributed by atoms with Gasteiger partial charge in [-0.2, -0.15) is 0 Å². The Labute approximate surface area is 115 Å². The van der Waals surface area contributed by atoms with Crippen LogP contribution < -0.4 is 5.32 Å². The fraction of sp³-hybridized carbons (Fsp3) is 0.500. The lowest BCUT2D eigenvalue weighted by atomic mass is 10.0. The second-order valence-corrected chi connectivity index (χ2v) is 5.93. The van der Waals surface area contributed by atoms with Gasteiger partial charge in [-0.05, 0) is 55.4 Å². The van der Waals surface area contributed by atoms with E-state index in [2.05, 4.69) is 21.2 Å². The van der Waals surface area contributed by atoms with Gasteiger partial charge in [-0.25, -0.2) is 4.39 Å². The molecule has 0 saturated heterocycles. The quantitative estimate of drug-likeness (QED) is 0.829. The van der Waals surface area contributed by atoms with Gasteiger partial charge in [0.15, 0.2) is 0 Å². The van der Waals surface area contributed by atoms with E-state index in [4.69, 9.17) is 0 Å². The van der Waals surface area contributed by atoms with Gasteiger partial charge in [-0.15, -0.1) is 0 Å². The van der Waals surface area contributed by atoms with Crippen LogP contribution in [0.2, 0.25) is 0 Å². The third-order valence-corrected chi connectivity index (χ3v) is 3.91. The van der Waals surface area contributed by atoms with Gasteiger partial charge in [0.1, 0.15) is 5.82 Å². The molecular formula is C14H17BrFNO. The van der Waals surface area contributed by atoms with Crippen LogP contribution in [0.15, 0.2) is 18.2 Å². The molecule has 4 heteroatoms. The maximum atomic E-state index is 13.2. The highest BCUT2D eigenvalue weighted by atomic mass is 79.9. The highest BCUT2D eigenvalue weighted by Crippen LogP contribution is 2.48. The van der Waals surface area contributed by atoms with Crippen molar-refractivity contribution in [3.63, 3.8) is 0 Å². The van der Waals surface area contributed by atoms with Gasteiger partial charge in [0.05, 0.1) is 0 Å². The number of carbonyl (C=O) groups excluding carboxylic acids is 1. The Kier molecular flexibility index (Phi) is 4.05. The standard InChI is InChI=1S/C14H17BrFNO/c1-10-6-11(8-12(16)7-10)13(18)17-9-14(2-3-14)4-5-15/h6-8H,2-5,9H2,1H3,(H,17,18). The maximum absolute atomic E-state index is 13.2. The predicted molar refractivity (Wildman–Crippen MR) is 73.5 cm³/mol. The highest BCUT2D eigenvalue weighted by molar-refractivity contribution is 9.09. The molecule has 0 unspecified atom stereocenters. The zero-order chi connectivity index (χ0) is 13.2. The van der Waals surface area contributed by atoms with E-state index < -0.39 is 0 Å². The molecule has 0 spiro atoms. The summed E-state index contributed by atoms with van der Waals surface area (Å²) in [6.45, 7) is 2.47. The van der Waals surface area contributed by atoms with Crippen LogP contribution in [0.5, 0.6) is 0 Å². The van der Waals surface area contributed by atoms with Crippen molar-refractivity contribution in [3.05, 3.63) is 35.1 Å². The molecule has 1 fully saturated rings. The van der Waals surface area contributed by atoms with Crippen LogP contribution in [-0.2, 0) is 0 Å². The van der Waals surface area contributed by atoms with Gasteiger partial charge in [0.25, 0.3) is 5.91 Å². The molecule has 0 atom stereocenters. The van der Waals surface area contributed by atoms with Crippen molar-refractivity contribution in [2.24, 2.45) is 5.41 Å². The molecule has 18 heavy (non-hydrogen) atoms. The molecule has 0 heterocycles. The average molecular weight is 314 g/mol. The highest BCUT2D eigenvalue weighted by Gasteiger charge is 2.41. The van der Waals surface area contributed by atoms with Gasteiger partial charge in [0.2, 0.25) is 0 Å². The summed E-state index contributed by atoms with van der Waals surface area (Å²) in [5, 5.41) is 3.87. The fourth-order valence-electron chi connectivity index (χ4n) is 2.13. The largest absolute Gasteiger partial charge is 0.351 e. The number of alkyl halides is 1. The number of carbonyl (C=O) groups is 1. The molecule has 1 N–H and O–H groups in total. The van der Waals surface area contributed by atoms with Crippen LogP contribution in [0.1, 0.15) is 35.2 Å². The monoisotopic (exact) mass is 313 g/mol. The van der Waals surface area contributed by atoms with Crippen LogP contribution in [-0.4, -0.2) is 17.8 Å². The molecule has 0 bridgehead atoms. The van der Waals surface area contributed by atoms with Gasteiger partial charge in [0, 0.05) is 17.4 Å². The van der Waals surface area contributed by atoms with E-state index in [1.807, 2.05) is 0 Å². The first-order valence-corrected chi connectivity index (χ1v) is 7.28. The third kappa shape index (κ3) is 3.31. The SMILES string of the molecule is Cc1cc(F)cc(C(=O)NCC2(CCBr)CC2)c1. The van der Waals surface area contributed by atoms with Crippen molar-refractivity contribution < 1.29 is 9.18 Å². The summed E-state index contributed by atoms with van der Waals surface area (Å²) in [7, 11) is 0. The van der Waals surface area contributed by atoms with Crippen LogP contribution in [0.4, 0.5) is 4.39 Å². The van der Waals surface area contributed by atoms with Gasteiger partial charge >= 0.3 is 0 Å². The molecule has 0 radical (unpaired) electrons. The molecule has 1 aromatic rings. The minimum atomic E-state index is -0.359. The Bertz CT molecular complexity index is 437. The number of hydrogen-bond acceptors (Lipinski definition) is 1. The number of aryl methyl sites for hydroxylation is 1. The first-order chi connectivity index (χ1) is 8.54. The molecular weight excluding hydrogens is 297 g/mol. The fourth-order valence-corrected chi connectivity index (χ4v) is 2.97. The number of hydrogen-bond donors (Lipinski definition) is 1. The number of rotatable bonds is 5. The minimum Gasteiger partial charge on any atom is -0.351 e.